The van der Waals surface area contributed by atoms with Gasteiger partial charge in [-0.15, -0.1) is 5.10 Å². The van der Waals surface area contributed by atoms with Gasteiger partial charge in [0.2, 0.25) is 0 Å². The van der Waals surface area contributed by atoms with Gasteiger partial charge < -0.3 is 11.1 Å². The number of amides is 1. The number of nitrogens with two attached hydrogens (primary N) is 1. The van der Waals surface area contributed by atoms with Gasteiger partial charge in [-0.25, -0.2) is 0 Å². The van der Waals surface area contributed by atoms with E-state index in [1.165, 1.54) is 4.68 Å². The van der Waals surface area contributed by atoms with Crippen LogP contribution in [0.3, 0.4) is 0 Å². The Labute approximate surface area is 147 Å². The number of hydrogen-bond acceptors (Lipinski definition) is 4. The Bertz CT molecular complexity index is 845. The fourth-order valence-corrected chi connectivity index (χ4v) is 2.58. The van der Waals surface area contributed by atoms with Crippen LogP contribution >= 0.6 is 15.9 Å². The average Bonchev–Trinajstić information content (AvgIpc) is 2.98. The van der Waals surface area contributed by atoms with Crippen LogP contribution in [-0.4, -0.2) is 20.9 Å². The van der Waals surface area contributed by atoms with Crippen LogP contribution in [-0.2, 0) is 0 Å². The highest BCUT2D eigenvalue weighted by atomic mass is 79.9. The quantitative estimate of drug-likeness (QED) is 0.722. The van der Waals surface area contributed by atoms with Crippen molar-refractivity contribution < 1.29 is 4.79 Å². The van der Waals surface area contributed by atoms with Gasteiger partial charge in [0.25, 0.3) is 5.91 Å². The van der Waals surface area contributed by atoms with Gasteiger partial charge in [0.15, 0.2) is 11.5 Å². The van der Waals surface area contributed by atoms with E-state index in [1.807, 2.05) is 61.5 Å². The van der Waals surface area contributed by atoms with Crippen molar-refractivity contribution >= 4 is 27.7 Å². The Hall–Kier alpha value is -2.67. The summed E-state index contributed by atoms with van der Waals surface area (Å²) < 4.78 is 2.38. The van der Waals surface area contributed by atoms with Crippen LogP contribution in [0.4, 0.5) is 5.82 Å². The minimum atomic E-state index is -0.354. The largest absolute Gasteiger partial charge is 0.382 e. The first kappa shape index (κ1) is 16.2. The molecule has 3 rings (SSSR count). The molecule has 0 spiro atoms. The van der Waals surface area contributed by atoms with Crippen LogP contribution in [0.25, 0.3) is 5.69 Å². The lowest BCUT2D eigenvalue weighted by molar-refractivity contribution is 0.0935. The number of aromatic nitrogens is 3. The van der Waals surface area contributed by atoms with Gasteiger partial charge in [-0.1, -0.05) is 51.5 Å². The van der Waals surface area contributed by atoms with Gasteiger partial charge in [-0.2, -0.15) is 4.68 Å². The third kappa shape index (κ3) is 3.30. The number of nitrogens with zero attached hydrogens (tertiary/aromatic N) is 3. The second-order valence-corrected chi connectivity index (χ2v) is 6.23. The third-order valence-electron chi connectivity index (χ3n) is 3.64. The lowest BCUT2D eigenvalue weighted by Crippen LogP contribution is -2.27. The molecule has 0 aliphatic carbocycles. The molecule has 3 N–H and O–H groups in total. The molecule has 1 unspecified atom stereocenters. The molecule has 6 nitrogen and oxygen atoms in total. The standard InChI is InChI=1S/C17H16BrN5O/c1-11(12-5-3-2-4-6-12)20-17(24)15-16(19)23(22-21-15)14-9-7-13(18)8-10-14/h2-11H,19H2,1H3,(H,20,24). The molecule has 0 bridgehead atoms. The zero-order chi connectivity index (χ0) is 17.1. The van der Waals surface area contributed by atoms with E-state index in [4.69, 9.17) is 5.73 Å². The van der Waals surface area contributed by atoms with Crippen molar-refractivity contribution in [2.75, 3.05) is 5.73 Å². The van der Waals surface area contributed by atoms with Crippen LogP contribution in [0.5, 0.6) is 0 Å². The summed E-state index contributed by atoms with van der Waals surface area (Å²) in [7, 11) is 0. The lowest BCUT2D eigenvalue weighted by atomic mass is 10.1. The van der Waals surface area contributed by atoms with E-state index in [1.54, 1.807) is 0 Å². The van der Waals surface area contributed by atoms with Gasteiger partial charge >= 0.3 is 0 Å². The maximum Gasteiger partial charge on any atom is 0.276 e. The predicted molar refractivity (Wildman–Crippen MR) is 95.8 cm³/mol. The Morgan fingerprint density at radius 2 is 1.83 bits per heavy atom. The lowest BCUT2D eigenvalue weighted by Gasteiger charge is -2.13. The first-order valence-electron chi connectivity index (χ1n) is 7.39. The fourth-order valence-electron chi connectivity index (χ4n) is 2.31. The molecule has 0 saturated heterocycles. The SMILES string of the molecule is CC(NC(=O)c1nnn(-c2ccc(Br)cc2)c1N)c1ccccc1. The van der Waals surface area contributed by atoms with Crippen molar-refractivity contribution in [1.82, 2.24) is 20.3 Å². The molecule has 1 heterocycles. The summed E-state index contributed by atoms with van der Waals surface area (Å²) >= 11 is 3.37. The summed E-state index contributed by atoms with van der Waals surface area (Å²) in [6, 6.07) is 16.9. The molecule has 3 aromatic rings. The molecule has 7 heteroatoms. The Morgan fingerprint density at radius 3 is 2.50 bits per heavy atom. The van der Waals surface area contributed by atoms with E-state index in [0.29, 0.717) is 0 Å². The number of nitrogen functional groups attached to an aromatic ring is 1. The number of carbonyl (C=O) groups is 1. The number of anilines is 1. The van der Waals surface area contributed by atoms with Gasteiger partial charge in [-0.05, 0) is 36.8 Å². The van der Waals surface area contributed by atoms with Gasteiger partial charge in [0.1, 0.15) is 0 Å². The summed E-state index contributed by atoms with van der Waals surface area (Å²) in [5.74, 6) is -0.151. The first-order chi connectivity index (χ1) is 11.6. The molecular formula is C17H16BrN5O. The molecule has 24 heavy (non-hydrogen) atoms. The maximum absolute atomic E-state index is 12.4. The summed E-state index contributed by atoms with van der Waals surface area (Å²) in [4.78, 5) is 12.4. The Kier molecular flexibility index (Phi) is 4.61. The fraction of sp³-hybridized carbons (Fsp3) is 0.118. The minimum absolute atomic E-state index is 0.112. The second-order valence-electron chi connectivity index (χ2n) is 5.32. The number of halogens is 1. The number of carbonyl (C=O) groups excluding carboxylic acids is 1. The molecule has 1 amide bonds. The maximum atomic E-state index is 12.4. The van der Waals surface area contributed by atoms with Crippen LogP contribution in [0.2, 0.25) is 0 Å². The summed E-state index contributed by atoms with van der Waals surface area (Å²) in [5.41, 5.74) is 7.90. The van der Waals surface area contributed by atoms with Crippen molar-refractivity contribution in [2.45, 2.75) is 13.0 Å². The topological polar surface area (TPSA) is 85.8 Å². The van der Waals surface area contributed by atoms with Crippen LogP contribution < -0.4 is 11.1 Å². The second kappa shape index (κ2) is 6.84. The van der Waals surface area contributed by atoms with Crippen molar-refractivity contribution in [3.05, 3.63) is 70.3 Å². The molecule has 0 fully saturated rings. The van der Waals surface area contributed by atoms with Gasteiger partial charge in [-0.3, -0.25) is 4.79 Å². The molecular weight excluding hydrogens is 370 g/mol. The minimum Gasteiger partial charge on any atom is -0.382 e. The smallest absolute Gasteiger partial charge is 0.276 e. The third-order valence-corrected chi connectivity index (χ3v) is 4.17. The van der Waals surface area contributed by atoms with E-state index in [2.05, 4.69) is 31.6 Å². The molecule has 1 aromatic heterocycles. The highest BCUT2D eigenvalue weighted by molar-refractivity contribution is 9.10. The summed E-state index contributed by atoms with van der Waals surface area (Å²) in [6.07, 6.45) is 0. The highest BCUT2D eigenvalue weighted by Crippen LogP contribution is 2.19. The first-order valence-corrected chi connectivity index (χ1v) is 8.18. The number of hydrogen-bond donors (Lipinski definition) is 2. The zero-order valence-electron chi connectivity index (χ0n) is 13.0. The van der Waals surface area contributed by atoms with Gasteiger partial charge in [0, 0.05) is 4.47 Å². The molecule has 1 atom stereocenters. The van der Waals surface area contributed by atoms with Crippen molar-refractivity contribution in [3.63, 3.8) is 0 Å². The molecule has 122 valence electrons. The van der Waals surface area contributed by atoms with E-state index in [9.17, 15) is 4.79 Å². The van der Waals surface area contributed by atoms with Crippen molar-refractivity contribution in [3.8, 4) is 5.69 Å². The molecule has 2 aromatic carbocycles. The van der Waals surface area contributed by atoms with Crippen molar-refractivity contribution in [2.24, 2.45) is 0 Å². The van der Waals surface area contributed by atoms with E-state index in [0.717, 1.165) is 15.7 Å². The zero-order valence-corrected chi connectivity index (χ0v) is 14.6. The van der Waals surface area contributed by atoms with Crippen molar-refractivity contribution in [1.29, 1.82) is 0 Å². The molecule has 0 aliphatic rings. The Morgan fingerprint density at radius 1 is 1.17 bits per heavy atom. The normalized spacial score (nSPS) is 11.9. The Balaban J connectivity index is 1.80. The average molecular weight is 386 g/mol. The summed E-state index contributed by atoms with van der Waals surface area (Å²) in [6.45, 7) is 1.91. The van der Waals surface area contributed by atoms with Gasteiger partial charge in [0.05, 0.1) is 11.7 Å². The molecule has 0 radical (unpaired) electrons. The number of benzene rings is 2. The molecule has 0 aliphatic heterocycles. The molecule has 0 saturated carbocycles. The van der Waals surface area contributed by atoms with E-state index >= 15 is 0 Å². The van der Waals surface area contributed by atoms with Crippen LogP contribution in [0.1, 0.15) is 29.0 Å². The van der Waals surface area contributed by atoms with E-state index in [-0.39, 0.29) is 23.5 Å². The number of rotatable bonds is 4. The van der Waals surface area contributed by atoms with Crippen LogP contribution in [0, 0.1) is 0 Å². The number of nitrogens with one attached hydrogen (secondary N) is 1. The van der Waals surface area contributed by atoms with E-state index < -0.39 is 0 Å². The monoisotopic (exact) mass is 385 g/mol. The van der Waals surface area contributed by atoms with Crippen LogP contribution in [0.15, 0.2) is 59.1 Å². The summed E-state index contributed by atoms with van der Waals surface area (Å²) in [5, 5.41) is 10.8. The predicted octanol–water partition coefficient (Wildman–Crippen LogP) is 3.10. The highest BCUT2D eigenvalue weighted by Gasteiger charge is 2.20.